The predicted octanol–water partition coefficient (Wildman–Crippen LogP) is 2.44. The summed E-state index contributed by atoms with van der Waals surface area (Å²) in [4.78, 5) is 29.1. The van der Waals surface area contributed by atoms with E-state index in [1.165, 1.54) is 0 Å². The molecule has 1 aliphatic rings. The number of ether oxygens (including phenoxy) is 2. The summed E-state index contributed by atoms with van der Waals surface area (Å²) in [6, 6.07) is 10.9. The highest BCUT2D eigenvalue weighted by atomic mass is 32.1. The van der Waals surface area contributed by atoms with E-state index in [-0.39, 0.29) is 17.9 Å². The maximum atomic E-state index is 13.2. The molecule has 3 rings (SSSR count). The van der Waals surface area contributed by atoms with E-state index < -0.39 is 5.92 Å². The van der Waals surface area contributed by atoms with Crippen molar-refractivity contribution < 1.29 is 19.1 Å². The second kappa shape index (κ2) is 9.12. The molecule has 0 saturated heterocycles. The van der Waals surface area contributed by atoms with E-state index in [0.29, 0.717) is 31.9 Å². The van der Waals surface area contributed by atoms with E-state index in [0.717, 1.165) is 10.4 Å². The summed E-state index contributed by atoms with van der Waals surface area (Å²) in [7, 11) is 3.21. The van der Waals surface area contributed by atoms with Crippen molar-refractivity contribution in [3.8, 4) is 0 Å². The zero-order valence-electron chi connectivity index (χ0n) is 15.5. The van der Waals surface area contributed by atoms with Crippen LogP contribution < -0.4 is 5.32 Å². The Morgan fingerprint density at radius 1 is 1.15 bits per heavy atom. The van der Waals surface area contributed by atoms with Gasteiger partial charge in [-0.05, 0) is 23.1 Å². The number of carbonyl (C=O) groups is 2. The van der Waals surface area contributed by atoms with E-state index in [2.05, 4.69) is 5.32 Å². The molecule has 1 N–H and O–H groups in total. The fourth-order valence-electron chi connectivity index (χ4n) is 3.47. The van der Waals surface area contributed by atoms with Crippen LogP contribution >= 0.6 is 11.3 Å². The summed E-state index contributed by atoms with van der Waals surface area (Å²) < 4.78 is 10.3. The van der Waals surface area contributed by atoms with Crippen molar-refractivity contribution in [2.45, 2.75) is 12.0 Å². The predicted molar refractivity (Wildman–Crippen MR) is 104 cm³/mol. The molecule has 0 saturated carbocycles. The average Bonchev–Trinajstić information content (AvgIpc) is 3.21. The number of thiophene rings is 1. The lowest BCUT2D eigenvalue weighted by molar-refractivity contribution is -0.124. The molecule has 27 heavy (non-hydrogen) atoms. The maximum Gasteiger partial charge on any atom is 0.254 e. The number of carbonyl (C=O) groups excluding carboxylic acids is 2. The average molecular weight is 388 g/mol. The molecule has 2 atom stereocenters. The van der Waals surface area contributed by atoms with Gasteiger partial charge in [0.05, 0.1) is 25.2 Å². The molecule has 1 aliphatic heterocycles. The first-order valence-corrected chi connectivity index (χ1v) is 9.76. The lowest BCUT2D eigenvalue weighted by Crippen LogP contribution is -2.48. The third-order valence-corrected chi connectivity index (χ3v) is 5.64. The molecule has 0 spiro atoms. The summed E-state index contributed by atoms with van der Waals surface area (Å²) in [5.74, 6) is -0.652. The van der Waals surface area contributed by atoms with Gasteiger partial charge in [-0.15, -0.1) is 11.3 Å². The second-order valence-corrected chi connectivity index (χ2v) is 7.28. The Balaban J connectivity index is 2.05. The zero-order chi connectivity index (χ0) is 19.2. The smallest absolute Gasteiger partial charge is 0.254 e. The van der Waals surface area contributed by atoms with Gasteiger partial charge >= 0.3 is 0 Å². The van der Waals surface area contributed by atoms with Gasteiger partial charge in [0.1, 0.15) is 0 Å². The zero-order valence-corrected chi connectivity index (χ0v) is 16.3. The van der Waals surface area contributed by atoms with E-state index in [9.17, 15) is 9.59 Å². The van der Waals surface area contributed by atoms with Gasteiger partial charge in [-0.2, -0.15) is 0 Å². The van der Waals surface area contributed by atoms with Gasteiger partial charge in [-0.3, -0.25) is 9.59 Å². The molecule has 2 aromatic rings. The van der Waals surface area contributed by atoms with Crippen molar-refractivity contribution in [1.29, 1.82) is 0 Å². The number of hydrogen-bond donors (Lipinski definition) is 1. The van der Waals surface area contributed by atoms with Gasteiger partial charge in [-0.1, -0.05) is 24.3 Å². The number of amides is 2. The number of nitrogens with one attached hydrogen (secondary N) is 1. The highest BCUT2D eigenvalue weighted by Crippen LogP contribution is 2.44. The maximum absolute atomic E-state index is 13.2. The first-order chi connectivity index (χ1) is 13.2. The number of nitrogens with zero attached hydrogens (tertiary/aromatic N) is 1. The fourth-order valence-corrected chi connectivity index (χ4v) is 4.35. The molecule has 0 radical (unpaired) electrons. The number of benzene rings is 1. The fraction of sp³-hybridized carbons (Fsp3) is 0.400. The standard InChI is InChI=1S/C20H24N2O4S/c1-25-11-9-21-19(23)17-14-6-3-4-7-15(14)20(24)22(10-12-26-2)18(17)16-8-5-13-27-16/h3-8,13,17-18H,9-12H2,1-2H3,(H,21,23)/t17-,18-/m1/s1. The first kappa shape index (κ1) is 19.5. The van der Waals surface area contributed by atoms with Crippen LogP contribution in [0.5, 0.6) is 0 Å². The van der Waals surface area contributed by atoms with Crippen molar-refractivity contribution in [3.05, 3.63) is 57.8 Å². The van der Waals surface area contributed by atoms with E-state index in [4.69, 9.17) is 9.47 Å². The van der Waals surface area contributed by atoms with Crippen molar-refractivity contribution >= 4 is 23.2 Å². The van der Waals surface area contributed by atoms with Crippen LogP contribution in [0.15, 0.2) is 41.8 Å². The molecule has 0 fully saturated rings. The minimum Gasteiger partial charge on any atom is -0.383 e. The molecule has 0 aliphatic carbocycles. The van der Waals surface area contributed by atoms with Crippen molar-refractivity contribution in [2.75, 3.05) is 40.5 Å². The summed E-state index contributed by atoms with van der Waals surface area (Å²) in [6.07, 6.45) is 0. The van der Waals surface area contributed by atoms with Gasteiger partial charge in [0.15, 0.2) is 0 Å². The Morgan fingerprint density at radius 3 is 2.63 bits per heavy atom. The Hall–Kier alpha value is -2.22. The van der Waals surface area contributed by atoms with Crippen LogP contribution in [0.4, 0.5) is 0 Å². The molecule has 7 heteroatoms. The monoisotopic (exact) mass is 388 g/mol. The molecule has 2 amide bonds. The molecular formula is C20H24N2O4S. The third kappa shape index (κ3) is 4.05. The van der Waals surface area contributed by atoms with Crippen LogP contribution in [0, 0.1) is 0 Å². The molecule has 0 bridgehead atoms. The first-order valence-electron chi connectivity index (χ1n) is 8.88. The topological polar surface area (TPSA) is 67.9 Å². The van der Waals surface area contributed by atoms with Crippen LogP contribution in [-0.2, 0) is 14.3 Å². The molecule has 144 valence electrons. The number of methoxy groups -OCH3 is 2. The Morgan fingerprint density at radius 2 is 1.93 bits per heavy atom. The largest absolute Gasteiger partial charge is 0.383 e. The molecule has 1 aromatic heterocycles. The van der Waals surface area contributed by atoms with E-state index in [1.807, 2.05) is 35.7 Å². The number of fused-ring (bicyclic) bond motifs is 1. The quantitative estimate of drug-likeness (QED) is 0.706. The van der Waals surface area contributed by atoms with Crippen molar-refractivity contribution in [3.63, 3.8) is 0 Å². The number of rotatable bonds is 8. The molecular weight excluding hydrogens is 364 g/mol. The van der Waals surface area contributed by atoms with Crippen LogP contribution in [0.2, 0.25) is 0 Å². The highest BCUT2D eigenvalue weighted by molar-refractivity contribution is 7.10. The number of hydrogen-bond acceptors (Lipinski definition) is 5. The molecule has 6 nitrogen and oxygen atoms in total. The summed E-state index contributed by atoms with van der Waals surface area (Å²) in [5.41, 5.74) is 1.35. The Kier molecular flexibility index (Phi) is 6.60. The molecule has 2 heterocycles. The van der Waals surface area contributed by atoms with E-state index >= 15 is 0 Å². The summed E-state index contributed by atoms with van der Waals surface area (Å²) in [6.45, 7) is 1.70. The van der Waals surface area contributed by atoms with E-state index in [1.54, 1.807) is 36.5 Å². The van der Waals surface area contributed by atoms with Gasteiger partial charge in [0, 0.05) is 37.7 Å². The summed E-state index contributed by atoms with van der Waals surface area (Å²) in [5, 5.41) is 4.92. The van der Waals surface area contributed by atoms with Gasteiger partial charge in [0.2, 0.25) is 5.91 Å². The second-order valence-electron chi connectivity index (χ2n) is 6.30. The SMILES string of the molecule is COCCNC(=O)[C@@H]1c2ccccc2C(=O)N(CCOC)[C@@H]1c1cccs1. The lowest BCUT2D eigenvalue weighted by atomic mass is 9.81. The Bertz CT molecular complexity index is 778. The Labute approximate surface area is 163 Å². The van der Waals surface area contributed by atoms with Gasteiger partial charge in [0.25, 0.3) is 5.91 Å². The van der Waals surface area contributed by atoms with Crippen LogP contribution in [0.25, 0.3) is 0 Å². The third-order valence-electron chi connectivity index (χ3n) is 4.70. The van der Waals surface area contributed by atoms with Gasteiger partial charge < -0.3 is 19.7 Å². The lowest BCUT2D eigenvalue weighted by Gasteiger charge is -2.41. The minimum atomic E-state index is -0.480. The molecule has 0 unspecified atom stereocenters. The van der Waals surface area contributed by atoms with Crippen molar-refractivity contribution in [1.82, 2.24) is 10.2 Å². The minimum absolute atomic E-state index is 0.0676. The van der Waals surface area contributed by atoms with Crippen LogP contribution in [-0.4, -0.2) is 57.2 Å². The highest BCUT2D eigenvalue weighted by Gasteiger charge is 2.44. The van der Waals surface area contributed by atoms with Crippen LogP contribution in [0.1, 0.15) is 32.8 Å². The molecule has 1 aromatic carbocycles. The van der Waals surface area contributed by atoms with Gasteiger partial charge in [-0.25, -0.2) is 0 Å². The summed E-state index contributed by atoms with van der Waals surface area (Å²) >= 11 is 1.55. The van der Waals surface area contributed by atoms with Crippen LogP contribution in [0.3, 0.4) is 0 Å². The normalized spacial score (nSPS) is 19.0. The van der Waals surface area contributed by atoms with Crippen molar-refractivity contribution in [2.24, 2.45) is 0 Å².